The lowest BCUT2D eigenvalue weighted by molar-refractivity contribution is -0.0755. The molecule has 2 aliphatic heterocycles. The number of nitrogens with zero attached hydrogens (tertiary/aromatic N) is 4. The van der Waals surface area contributed by atoms with Crippen LogP contribution in [-0.4, -0.2) is 45.3 Å². The maximum absolute atomic E-state index is 5.85. The number of hydrogen-bond acceptors (Lipinski definition) is 6. The molecule has 0 aromatic carbocycles. The zero-order valence-electron chi connectivity index (χ0n) is 16.1. The summed E-state index contributed by atoms with van der Waals surface area (Å²) >= 11 is 0. The minimum absolute atomic E-state index is 0.0527. The largest absolute Gasteiger partial charge is 0.389 e. The fraction of sp³-hybridized carbons (Fsp3) is 0.650. The van der Waals surface area contributed by atoms with Crippen molar-refractivity contribution in [1.82, 2.24) is 14.8 Å². The van der Waals surface area contributed by atoms with Crippen molar-refractivity contribution in [2.24, 2.45) is 5.16 Å². The summed E-state index contributed by atoms with van der Waals surface area (Å²) in [5, 5.41) is 14.1. The predicted octanol–water partition coefficient (Wildman–Crippen LogP) is 3.40. The fourth-order valence-corrected chi connectivity index (χ4v) is 4.46. The summed E-state index contributed by atoms with van der Waals surface area (Å²) in [6.45, 7) is 6.58. The first-order chi connectivity index (χ1) is 13.2. The van der Waals surface area contributed by atoms with E-state index in [0.29, 0.717) is 6.04 Å². The minimum atomic E-state index is -0.0527. The van der Waals surface area contributed by atoms with Gasteiger partial charge in [-0.3, -0.25) is 0 Å². The van der Waals surface area contributed by atoms with Gasteiger partial charge in [0.2, 0.25) is 0 Å². The molecular formula is C20H27N5O2. The highest BCUT2D eigenvalue weighted by atomic mass is 16.7. The quantitative estimate of drug-likeness (QED) is 0.894. The molecular weight excluding hydrogens is 342 g/mol. The van der Waals surface area contributed by atoms with Gasteiger partial charge in [0.1, 0.15) is 5.60 Å². The van der Waals surface area contributed by atoms with Gasteiger partial charge in [0, 0.05) is 44.0 Å². The summed E-state index contributed by atoms with van der Waals surface area (Å²) in [5.41, 5.74) is 5.09. The van der Waals surface area contributed by atoms with E-state index >= 15 is 0 Å². The van der Waals surface area contributed by atoms with E-state index in [0.717, 1.165) is 85.6 Å². The van der Waals surface area contributed by atoms with Gasteiger partial charge in [-0.15, -0.1) is 0 Å². The van der Waals surface area contributed by atoms with Crippen LogP contribution in [0.25, 0.3) is 11.0 Å². The molecule has 0 radical (unpaired) electrons. The van der Waals surface area contributed by atoms with Gasteiger partial charge < -0.3 is 14.9 Å². The number of aryl methyl sites for hydroxylation is 2. The van der Waals surface area contributed by atoms with Gasteiger partial charge in [0.25, 0.3) is 0 Å². The van der Waals surface area contributed by atoms with Gasteiger partial charge in [-0.1, -0.05) is 5.16 Å². The summed E-state index contributed by atoms with van der Waals surface area (Å²) in [4.78, 5) is 10.6. The van der Waals surface area contributed by atoms with E-state index in [1.54, 1.807) is 0 Å². The SMILES string of the molecule is CCn1nc(C)c2c(NC3CCOCC3)c(C3=NOC4(CCC4)C3)cnc21. The highest BCUT2D eigenvalue weighted by molar-refractivity contribution is 6.11. The lowest BCUT2D eigenvalue weighted by Crippen LogP contribution is -2.37. The van der Waals surface area contributed by atoms with Crippen LogP contribution in [-0.2, 0) is 16.1 Å². The highest BCUT2D eigenvalue weighted by Crippen LogP contribution is 2.44. The Balaban J connectivity index is 1.59. The number of oxime groups is 1. The van der Waals surface area contributed by atoms with Crippen LogP contribution in [0.3, 0.4) is 0 Å². The topological polar surface area (TPSA) is 73.6 Å². The number of fused-ring (bicyclic) bond motifs is 1. The molecule has 2 fully saturated rings. The molecule has 1 aliphatic carbocycles. The van der Waals surface area contributed by atoms with E-state index in [1.807, 2.05) is 10.9 Å². The average Bonchev–Trinajstić information content (AvgIpc) is 3.25. The van der Waals surface area contributed by atoms with Crippen LogP contribution < -0.4 is 5.32 Å². The summed E-state index contributed by atoms with van der Waals surface area (Å²) in [6.07, 6.45) is 8.29. The Hall–Kier alpha value is -2.15. The third-order valence-corrected chi connectivity index (χ3v) is 6.22. The Kier molecular flexibility index (Phi) is 4.07. The Morgan fingerprint density at radius 2 is 2.11 bits per heavy atom. The number of hydrogen-bond donors (Lipinski definition) is 1. The van der Waals surface area contributed by atoms with Crippen LogP contribution in [0, 0.1) is 6.92 Å². The molecule has 2 aromatic heterocycles. The number of nitrogens with one attached hydrogen (secondary N) is 1. The van der Waals surface area contributed by atoms with Crippen LogP contribution in [0.1, 0.15) is 56.7 Å². The van der Waals surface area contributed by atoms with Crippen LogP contribution in [0.2, 0.25) is 0 Å². The van der Waals surface area contributed by atoms with Crippen molar-refractivity contribution in [2.75, 3.05) is 18.5 Å². The summed E-state index contributed by atoms with van der Waals surface area (Å²) in [5.74, 6) is 0. The zero-order valence-corrected chi connectivity index (χ0v) is 16.1. The molecule has 0 unspecified atom stereocenters. The van der Waals surface area contributed by atoms with Crippen molar-refractivity contribution >= 4 is 22.4 Å². The molecule has 1 saturated heterocycles. The van der Waals surface area contributed by atoms with Gasteiger partial charge in [0.05, 0.1) is 22.5 Å². The van der Waals surface area contributed by atoms with E-state index in [4.69, 9.17) is 19.7 Å². The van der Waals surface area contributed by atoms with Crippen molar-refractivity contribution in [3.63, 3.8) is 0 Å². The Morgan fingerprint density at radius 1 is 1.30 bits per heavy atom. The number of pyridine rings is 1. The highest BCUT2D eigenvalue weighted by Gasteiger charge is 2.45. The van der Waals surface area contributed by atoms with Crippen molar-refractivity contribution in [3.8, 4) is 0 Å². The minimum Gasteiger partial charge on any atom is -0.389 e. The smallest absolute Gasteiger partial charge is 0.160 e. The molecule has 0 bridgehead atoms. The predicted molar refractivity (Wildman–Crippen MR) is 104 cm³/mol. The van der Waals surface area contributed by atoms with Crippen LogP contribution in [0.4, 0.5) is 5.69 Å². The first-order valence-corrected chi connectivity index (χ1v) is 10.1. The Labute approximate surface area is 159 Å². The summed E-state index contributed by atoms with van der Waals surface area (Å²) in [7, 11) is 0. The van der Waals surface area contributed by atoms with E-state index < -0.39 is 0 Å². The molecule has 27 heavy (non-hydrogen) atoms. The molecule has 7 heteroatoms. The van der Waals surface area contributed by atoms with Gasteiger partial charge in [0.15, 0.2) is 5.65 Å². The second-order valence-corrected chi connectivity index (χ2v) is 8.02. The molecule has 1 spiro atoms. The first-order valence-electron chi connectivity index (χ1n) is 10.1. The standard InChI is InChI=1S/C20H27N5O2/c1-3-25-19-17(13(2)23-25)18(22-14-5-9-26-10-6-14)15(12-21-19)16-11-20(27-24-16)7-4-8-20/h12,14H,3-11H2,1-2H3,(H,21,22). The number of aromatic nitrogens is 3. The lowest BCUT2D eigenvalue weighted by Gasteiger charge is -2.34. The second kappa shape index (κ2) is 6.48. The zero-order chi connectivity index (χ0) is 18.4. The van der Waals surface area contributed by atoms with E-state index in [1.165, 1.54) is 6.42 Å². The van der Waals surface area contributed by atoms with Gasteiger partial charge in [-0.25, -0.2) is 9.67 Å². The third kappa shape index (κ3) is 2.79. The molecule has 0 amide bonds. The normalized spacial score (nSPS) is 21.9. The number of rotatable bonds is 4. The third-order valence-electron chi connectivity index (χ3n) is 6.22. The van der Waals surface area contributed by atoms with E-state index in [9.17, 15) is 0 Å². The summed E-state index contributed by atoms with van der Waals surface area (Å²) < 4.78 is 7.51. The molecule has 5 rings (SSSR count). The molecule has 144 valence electrons. The van der Waals surface area contributed by atoms with Crippen LogP contribution >= 0.6 is 0 Å². The monoisotopic (exact) mass is 369 g/mol. The maximum Gasteiger partial charge on any atom is 0.160 e. The van der Waals surface area contributed by atoms with E-state index in [2.05, 4.69) is 24.3 Å². The lowest BCUT2D eigenvalue weighted by atomic mass is 9.76. The molecule has 1 N–H and O–H groups in total. The molecule has 0 atom stereocenters. The second-order valence-electron chi connectivity index (χ2n) is 8.02. The van der Waals surface area contributed by atoms with Gasteiger partial charge in [-0.2, -0.15) is 5.10 Å². The molecule has 2 aromatic rings. The van der Waals surface area contributed by atoms with E-state index in [-0.39, 0.29) is 5.60 Å². The van der Waals surface area contributed by atoms with Crippen LogP contribution in [0.15, 0.2) is 11.4 Å². The first kappa shape index (κ1) is 17.0. The Morgan fingerprint density at radius 3 is 2.78 bits per heavy atom. The Bertz CT molecular complexity index is 893. The molecule has 1 saturated carbocycles. The van der Waals surface area contributed by atoms with Crippen molar-refractivity contribution in [3.05, 3.63) is 17.5 Å². The number of anilines is 1. The van der Waals surface area contributed by atoms with Crippen molar-refractivity contribution in [1.29, 1.82) is 0 Å². The maximum atomic E-state index is 5.85. The van der Waals surface area contributed by atoms with Crippen LogP contribution in [0.5, 0.6) is 0 Å². The molecule has 3 aliphatic rings. The summed E-state index contributed by atoms with van der Waals surface area (Å²) in [6, 6.07) is 0.396. The molecule has 7 nitrogen and oxygen atoms in total. The molecule has 4 heterocycles. The van der Waals surface area contributed by atoms with Gasteiger partial charge in [-0.05, 0) is 46.0 Å². The number of ether oxygens (including phenoxy) is 1. The average molecular weight is 369 g/mol. The fourth-order valence-electron chi connectivity index (χ4n) is 4.46. The van der Waals surface area contributed by atoms with Gasteiger partial charge >= 0.3 is 0 Å². The van der Waals surface area contributed by atoms with Crippen molar-refractivity contribution < 1.29 is 9.57 Å². The van der Waals surface area contributed by atoms with Crippen molar-refractivity contribution in [2.45, 2.75) is 70.6 Å².